The fraction of sp³-hybridized carbons (Fsp3) is 0.923. The van der Waals surface area contributed by atoms with E-state index >= 15 is 0 Å². The number of carbonyl (C=O) groups excluding carboxylic acids is 4. The molecule has 0 aromatic carbocycles. The number of ether oxygens (including phenoxy) is 5. The van der Waals surface area contributed by atoms with E-state index in [1.54, 1.807) is 14.2 Å². The summed E-state index contributed by atoms with van der Waals surface area (Å²) in [5.74, 6) is 1.27. The normalized spacial score (nSPS) is 49.4. The van der Waals surface area contributed by atoms with E-state index < -0.39 is 34.5 Å². The van der Waals surface area contributed by atoms with E-state index in [1.807, 2.05) is 27.7 Å². The number of Topliss-reactive ketones (excluding diaryl/α,β-unsaturated/α-hetero) is 2. The summed E-state index contributed by atoms with van der Waals surface area (Å²) in [6, 6.07) is 0. The molecule has 8 aliphatic rings. The standard InChI is InChI=1S/C30H48N2O6.C22H38O4/c1-7-37-17-28(4)14-23(38-27(35)31-26(34)21-16-32-13-10-20(21)15-32)29(5)18(2)8-11-30(19(3)25(28)33)12-9-22(36-6)24(29)30;1-7-26-13-20(4)12-17(23)21(5)14(2)8-10-22(15(3)19(20)24)11-9-16(25-6)18(21)22/h18-24H,7-17H2,1-6H3,(H,31,34,35);14-18,23H,7-13H2,1-6H3/t18-,19+,20-,21+,22-,23-,24?,28+,29+,30?;14-,15+,16-,17-,18?,20+,21+,22?/m11/s1. The van der Waals surface area contributed by atoms with E-state index in [0.717, 1.165) is 70.9 Å². The van der Waals surface area contributed by atoms with Gasteiger partial charge in [0, 0.05) is 69.1 Å². The third kappa shape index (κ3) is 7.87. The Morgan fingerprint density at radius 2 is 1.19 bits per heavy atom. The number of nitrogens with zero attached hydrogens (tertiary/aromatic N) is 1. The molecule has 0 spiro atoms. The van der Waals surface area contributed by atoms with Gasteiger partial charge in [0.2, 0.25) is 5.91 Å². The molecule has 0 aromatic rings. The van der Waals surface area contributed by atoms with Crippen molar-refractivity contribution in [3.05, 3.63) is 0 Å². The highest BCUT2D eigenvalue weighted by atomic mass is 16.6. The second-order valence-electron chi connectivity index (χ2n) is 23.4. The van der Waals surface area contributed by atoms with Crippen molar-refractivity contribution in [2.75, 3.05) is 60.3 Å². The first-order valence-corrected chi connectivity index (χ1v) is 25.4. The molecule has 19 atom stereocenters. The summed E-state index contributed by atoms with van der Waals surface area (Å²) >= 11 is 0. The van der Waals surface area contributed by atoms with Gasteiger partial charge in [0.1, 0.15) is 17.7 Å². The third-order valence-electron chi connectivity index (χ3n) is 20.7. The van der Waals surface area contributed by atoms with E-state index in [1.165, 1.54) is 0 Å². The van der Waals surface area contributed by atoms with E-state index in [2.05, 4.69) is 51.8 Å². The molecule has 0 radical (unpaired) electrons. The number of nitrogens with one attached hydrogen (secondary N) is 1. The van der Waals surface area contributed by atoms with Crippen LogP contribution in [0.4, 0.5) is 4.79 Å². The zero-order valence-electron chi connectivity index (χ0n) is 41.7. The highest BCUT2D eigenvalue weighted by Crippen LogP contribution is 2.70. The van der Waals surface area contributed by atoms with E-state index in [-0.39, 0.29) is 81.4 Å². The number of aliphatic hydroxyl groups excluding tert-OH is 1. The molecule has 6 saturated carbocycles. The second-order valence-corrected chi connectivity index (χ2v) is 23.4. The molecule has 12 nitrogen and oxygen atoms in total. The minimum atomic E-state index is -0.788. The van der Waals surface area contributed by atoms with Crippen molar-refractivity contribution in [3.63, 3.8) is 0 Å². The van der Waals surface area contributed by atoms with E-state index in [0.29, 0.717) is 57.6 Å². The summed E-state index contributed by atoms with van der Waals surface area (Å²) in [6.45, 7) is 25.7. The van der Waals surface area contributed by atoms with Crippen LogP contribution in [0.25, 0.3) is 0 Å². The van der Waals surface area contributed by atoms with Crippen LogP contribution in [0, 0.1) is 79.8 Å². The zero-order chi connectivity index (χ0) is 46.8. The lowest BCUT2D eigenvalue weighted by atomic mass is 9.44. The fourth-order valence-electron chi connectivity index (χ4n) is 16.5. The minimum absolute atomic E-state index is 0.00753. The molecule has 5 unspecified atom stereocenters. The maximum absolute atomic E-state index is 14.3. The van der Waals surface area contributed by atoms with Gasteiger partial charge in [-0.3, -0.25) is 19.7 Å². The van der Waals surface area contributed by atoms with Gasteiger partial charge in [0.05, 0.1) is 48.3 Å². The molecular weight excluding hydrogens is 813 g/mol. The summed E-state index contributed by atoms with van der Waals surface area (Å²) in [5, 5.41) is 14.1. The summed E-state index contributed by atoms with van der Waals surface area (Å²) in [7, 11) is 3.56. The number of hydrogen-bond acceptors (Lipinski definition) is 11. The fourth-order valence-corrected chi connectivity index (χ4v) is 16.5. The quantitative estimate of drug-likeness (QED) is 0.220. The number of amides is 2. The average molecular weight is 899 g/mol. The van der Waals surface area contributed by atoms with Crippen molar-refractivity contribution in [2.45, 2.75) is 164 Å². The SMILES string of the molecule is CCOC[C@]1(C)C[C@@H](O)[C@@]2(C)C3[C@H](OC)CCC3(CC[C@H]2C)[C@@H](C)C1=O.CCOC[C@]1(C)C[C@@H](OC(=O)NC(=O)[C@H]2CN3CC[C@@H]2C3)[C@@]2(C)C3[C@H](OC)CCC3(CC[C@H]2C)[C@@H](C)C1=O. The maximum Gasteiger partial charge on any atom is 0.414 e. The lowest BCUT2D eigenvalue weighted by molar-refractivity contribution is -0.195. The number of alkyl carbamates (subject to hydrolysis) is 1. The van der Waals surface area contributed by atoms with Crippen LogP contribution >= 0.6 is 0 Å². The molecule has 8 fully saturated rings. The molecule has 2 saturated heterocycles. The van der Waals surface area contributed by atoms with Crippen LogP contribution in [0.15, 0.2) is 0 Å². The Kier molecular flexibility index (Phi) is 14.4. The Morgan fingerprint density at radius 3 is 1.66 bits per heavy atom. The van der Waals surface area contributed by atoms with Gasteiger partial charge in [-0.15, -0.1) is 0 Å². The highest BCUT2D eigenvalue weighted by Gasteiger charge is 2.70. The first kappa shape index (κ1) is 49.9. The smallest absolute Gasteiger partial charge is 0.414 e. The number of piperidine rings is 1. The molecule has 2 heterocycles. The van der Waals surface area contributed by atoms with E-state index in [4.69, 9.17) is 23.7 Å². The molecule has 2 aliphatic heterocycles. The molecule has 6 aliphatic carbocycles. The second kappa shape index (κ2) is 18.5. The predicted molar refractivity (Wildman–Crippen MR) is 244 cm³/mol. The number of rotatable bonds is 10. The minimum Gasteiger partial charge on any atom is -0.445 e. The third-order valence-corrected chi connectivity index (χ3v) is 20.7. The highest BCUT2D eigenvalue weighted by molar-refractivity contribution is 5.94. The zero-order valence-corrected chi connectivity index (χ0v) is 41.7. The van der Waals surface area contributed by atoms with Gasteiger partial charge in [0.25, 0.3) is 0 Å². The molecule has 364 valence electrons. The van der Waals surface area contributed by atoms with Gasteiger partial charge >= 0.3 is 6.09 Å². The van der Waals surface area contributed by atoms with Crippen LogP contribution in [0.5, 0.6) is 0 Å². The van der Waals surface area contributed by atoms with Gasteiger partial charge in [0.15, 0.2) is 0 Å². The summed E-state index contributed by atoms with van der Waals surface area (Å²) in [4.78, 5) is 56.7. The van der Waals surface area contributed by atoms with Crippen molar-refractivity contribution in [1.82, 2.24) is 10.2 Å². The average Bonchev–Trinajstić information content (AvgIpc) is 4.09. The molecule has 2 N–H and O–H groups in total. The Labute approximate surface area is 385 Å². The van der Waals surface area contributed by atoms with Crippen molar-refractivity contribution in [2.24, 2.45) is 79.8 Å². The largest absolute Gasteiger partial charge is 0.445 e. The van der Waals surface area contributed by atoms with Crippen LogP contribution in [-0.4, -0.2) is 118 Å². The summed E-state index contributed by atoms with van der Waals surface area (Å²) in [6.07, 6.45) is 8.24. The van der Waals surface area contributed by atoms with Crippen LogP contribution < -0.4 is 5.32 Å². The first-order valence-electron chi connectivity index (χ1n) is 25.4. The number of ketones is 2. The van der Waals surface area contributed by atoms with Gasteiger partial charge < -0.3 is 33.7 Å². The molecule has 2 amide bonds. The van der Waals surface area contributed by atoms with Crippen molar-refractivity contribution in [3.8, 4) is 0 Å². The number of imide groups is 1. The monoisotopic (exact) mass is 899 g/mol. The molecule has 6 bridgehead atoms. The van der Waals surface area contributed by atoms with Gasteiger partial charge in [-0.1, -0.05) is 55.4 Å². The Morgan fingerprint density at radius 1 is 0.703 bits per heavy atom. The Balaban J connectivity index is 0.000000206. The number of carbonyl (C=O) groups is 4. The molecule has 12 heteroatoms. The van der Waals surface area contributed by atoms with Crippen LogP contribution in [0.1, 0.15) is 140 Å². The number of hydrogen-bond donors (Lipinski definition) is 2. The van der Waals surface area contributed by atoms with E-state index in [9.17, 15) is 24.3 Å². The number of fused-ring (bicyclic) bond motifs is 2. The van der Waals surface area contributed by atoms with Crippen molar-refractivity contribution in [1.29, 1.82) is 0 Å². The van der Waals surface area contributed by atoms with Crippen molar-refractivity contribution >= 4 is 23.6 Å². The Hall–Kier alpha value is -1.96. The lowest BCUT2D eigenvalue weighted by Gasteiger charge is -2.61. The van der Waals surface area contributed by atoms with Crippen molar-refractivity contribution < 1.29 is 48.0 Å². The lowest BCUT2D eigenvalue weighted by Crippen LogP contribution is -2.64. The van der Waals surface area contributed by atoms with Gasteiger partial charge in [-0.05, 0) is 126 Å². The van der Waals surface area contributed by atoms with Crippen LogP contribution in [-0.2, 0) is 38.1 Å². The predicted octanol–water partition coefficient (Wildman–Crippen LogP) is 7.91. The maximum atomic E-state index is 14.3. The first-order chi connectivity index (χ1) is 30.2. The molecule has 0 aromatic heterocycles. The van der Waals surface area contributed by atoms with Crippen LogP contribution in [0.3, 0.4) is 0 Å². The number of aliphatic hydroxyl groups is 1. The molecule has 8 rings (SSSR count). The molecule has 64 heavy (non-hydrogen) atoms. The number of methoxy groups -OCH3 is 2. The van der Waals surface area contributed by atoms with Gasteiger partial charge in [-0.2, -0.15) is 0 Å². The Bertz CT molecular complexity index is 1740. The van der Waals surface area contributed by atoms with Crippen LogP contribution in [0.2, 0.25) is 0 Å². The van der Waals surface area contributed by atoms with Gasteiger partial charge in [-0.25, -0.2) is 4.79 Å². The summed E-state index contributed by atoms with van der Waals surface area (Å²) < 4.78 is 29.9. The summed E-state index contributed by atoms with van der Waals surface area (Å²) in [5.41, 5.74) is -2.28. The molecular formula is C52H86N2O10. The topological polar surface area (TPSA) is 150 Å².